The first kappa shape index (κ1) is 31.0. The maximum atomic E-state index is 12.7. The Hall–Kier alpha value is -3.54. The van der Waals surface area contributed by atoms with Gasteiger partial charge < -0.3 is 10.6 Å². The van der Waals surface area contributed by atoms with Crippen LogP contribution in [0.25, 0.3) is 0 Å². The number of nitrogens with one attached hydrogen (secondary N) is 4. The second-order valence-electron chi connectivity index (χ2n) is 8.31. The number of halogens is 4. The summed E-state index contributed by atoms with van der Waals surface area (Å²) in [5.74, 6) is -1.52. The number of hydrazine groups is 1. The molecule has 0 bridgehead atoms. The Balaban J connectivity index is 1.44. The monoisotopic (exact) mass is 622 g/mol. The number of nitrogens with zero attached hydrogens (tertiary/aromatic N) is 2. The van der Waals surface area contributed by atoms with Gasteiger partial charge in [-0.3, -0.25) is 25.1 Å². The highest BCUT2D eigenvalue weighted by atomic mass is 35.5. The van der Waals surface area contributed by atoms with Crippen LogP contribution < -0.4 is 20.9 Å². The Kier molecular flexibility index (Phi) is 9.88. The third-order valence-electron chi connectivity index (χ3n) is 5.46. The van der Waals surface area contributed by atoms with Crippen molar-refractivity contribution >= 4 is 50.6 Å². The first-order valence-corrected chi connectivity index (χ1v) is 14.1. The summed E-state index contributed by atoms with van der Waals surface area (Å²) in [7, 11) is -4.15. The van der Waals surface area contributed by atoms with Crippen LogP contribution in [0.4, 0.5) is 19.0 Å². The fourth-order valence-electron chi connectivity index (χ4n) is 3.33. The van der Waals surface area contributed by atoms with Crippen LogP contribution in [-0.2, 0) is 32.3 Å². The predicted octanol–water partition coefficient (Wildman–Crippen LogP) is 3.16. The largest absolute Gasteiger partial charge is 0.417 e. The molecule has 2 amide bonds. The molecule has 1 aliphatic rings. The molecule has 0 radical (unpaired) electrons. The molecular formula is C22H22ClF3N6O6S2. The van der Waals surface area contributed by atoms with Crippen LogP contribution in [0.15, 0.2) is 52.9 Å². The zero-order valence-electron chi connectivity index (χ0n) is 20.3. The van der Waals surface area contributed by atoms with Crippen molar-refractivity contribution in [3.8, 4) is 0 Å². The van der Waals surface area contributed by atoms with Gasteiger partial charge in [0.15, 0.2) is 0 Å². The number of sulfonamides is 1. The minimum absolute atomic E-state index is 0.000982. The summed E-state index contributed by atoms with van der Waals surface area (Å²) in [6.07, 6.45) is 1.63. The standard InChI is InChI=1S/C22H22ClF3N6O6S2/c23-16-11-14(22(24,25)26)12-28-19(16)27-10-4-5-17(33)30-31-40(37,38)18-7-6-15(39-18)13-29-20(34)21(32(35)36)8-2-1-3-9-21/h1-3,6-8,11-12,31H,4-5,9-10,13H2,(H,27,28)(H,29,34)(H,30,33). The van der Waals surface area contributed by atoms with Crippen LogP contribution >= 0.6 is 22.9 Å². The molecule has 18 heteroatoms. The van der Waals surface area contributed by atoms with Crippen molar-refractivity contribution in [3.63, 3.8) is 0 Å². The smallest absolute Gasteiger partial charge is 0.369 e. The Morgan fingerprint density at radius 2 is 2.00 bits per heavy atom. The van der Waals surface area contributed by atoms with E-state index in [0.717, 1.165) is 17.4 Å². The molecule has 216 valence electrons. The molecule has 2 heterocycles. The number of carbonyl (C=O) groups is 2. The Labute approximate surface area is 234 Å². The molecule has 40 heavy (non-hydrogen) atoms. The number of thiophene rings is 1. The molecule has 2 aromatic heterocycles. The van der Waals surface area contributed by atoms with E-state index in [2.05, 4.69) is 21.0 Å². The minimum atomic E-state index is -4.59. The zero-order valence-corrected chi connectivity index (χ0v) is 22.7. The predicted molar refractivity (Wildman–Crippen MR) is 139 cm³/mol. The highest BCUT2D eigenvalue weighted by Gasteiger charge is 2.48. The van der Waals surface area contributed by atoms with Gasteiger partial charge >= 0.3 is 17.6 Å². The number of aromatic nitrogens is 1. The van der Waals surface area contributed by atoms with Crippen LogP contribution in [0.2, 0.25) is 5.02 Å². The van der Waals surface area contributed by atoms with Crippen molar-refractivity contribution in [2.24, 2.45) is 0 Å². The minimum Gasteiger partial charge on any atom is -0.369 e. The van der Waals surface area contributed by atoms with Crippen molar-refractivity contribution in [3.05, 3.63) is 74.3 Å². The van der Waals surface area contributed by atoms with Crippen LogP contribution in [0.3, 0.4) is 0 Å². The molecule has 1 atom stereocenters. The van der Waals surface area contributed by atoms with Gasteiger partial charge in [0.2, 0.25) is 5.91 Å². The fourth-order valence-corrected chi connectivity index (χ4v) is 5.72. The Bertz CT molecular complexity index is 1450. The molecule has 2 aromatic rings. The number of anilines is 1. The molecule has 4 N–H and O–H groups in total. The summed E-state index contributed by atoms with van der Waals surface area (Å²) < 4.78 is 62.9. The van der Waals surface area contributed by atoms with Crippen molar-refractivity contribution < 1.29 is 36.1 Å². The van der Waals surface area contributed by atoms with Gasteiger partial charge in [-0.15, -0.1) is 16.2 Å². The third-order valence-corrected chi connectivity index (χ3v) is 8.57. The van der Waals surface area contributed by atoms with Crippen LogP contribution in [0.5, 0.6) is 0 Å². The van der Waals surface area contributed by atoms with E-state index in [4.69, 9.17) is 11.6 Å². The Morgan fingerprint density at radius 1 is 1.25 bits per heavy atom. The average molecular weight is 623 g/mol. The number of alkyl halides is 3. The van der Waals surface area contributed by atoms with E-state index in [-0.39, 0.29) is 47.4 Å². The lowest BCUT2D eigenvalue weighted by Gasteiger charge is -2.21. The van der Waals surface area contributed by atoms with Crippen LogP contribution in [0.1, 0.15) is 29.7 Å². The first-order chi connectivity index (χ1) is 18.7. The molecule has 0 spiro atoms. The van der Waals surface area contributed by atoms with E-state index in [9.17, 15) is 41.3 Å². The number of carbonyl (C=O) groups excluding carboxylic acids is 2. The van der Waals surface area contributed by atoms with Gasteiger partial charge in [0, 0.05) is 41.5 Å². The molecule has 0 aliphatic heterocycles. The lowest BCUT2D eigenvalue weighted by atomic mass is 9.91. The van der Waals surface area contributed by atoms with Gasteiger partial charge in [-0.2, -0.15) is 13.2 Å². The van der Waals surface area contributed by atoms with Gasteiger partial charge in [0.1, 0.15) is 10.0 Å². The maximum Gasteiger partial charge on any atom is 0.417 e. The molecule has 1 aliphatic carbocycles. The van der Waals surface area contributed by atoms with Crippen molar-refractivity contribution in [2.75, 3.05) is 11.9 Å². The average Bonchev–Trinajstić information content (AvgIpc) is 3.39. The first-order valence-electron chi connectivity index (χ1n) is 11.4. The number of hydrogen-bond acceptors (Lipinski definition) is 9. The van der Waals surface area contributed by atoms with Crippen molar-refractivity contribution in [1.29, 1.82) is 0 Å². The van der Waals surface area contributed by atoms with Gasteiger partial charge in [-0.1, -0.05) is 29.8 Å². The SMILES string of the molecule is O=C(CCCNc1ncc(C(F)(F)F)cc1Cl)NNS(=O)(=O)c1ccc(CNC(=O)C2([N+](=O)[O-])C=CC=CC2)s1. The summed E-state index contributed by atoms with van der Waals surface area (Å²) in [5.41, 5.74) is -0.894. The second-order valence-corrected chi connectivity index (χ2v) is 11.8. The van der Waals surface area contributed by atoms with Crippen molar-refractivity contribution in [2.45, 2.75) is 41.7 Å². The summed E-state index contributed by atoms with van der Waals surface area (Å²) in [6.45, 7) is -0.0363. The normalized spacial score (nSPS) is 16.9. The number of amides is 2. The lowest BCUT2D eigenvalue weighted by molar-refractivity contribution is -0.537. The highest BCUT2D eigenvalue weighted by Crippen LogP contribution is 2.32. The maximum absolute atomic E-state index is 12.7. The van der Waals surface area contributed by atoms with Gasteiger partial charge in [0.05, 0.1) is 17.1 Å². The summed E-state index contributed by atoms with van der Waals surface area (Å²) in [5, 5.41) is 16.4. The number of nitro groups is 1. The summed E-state index contributed by atoms with van der Waals surface area (Å²) in [6, 6.07) is 3.39. The number of allylic oxidation sites excluding steroid dienone is 2. The third kappa shape index (κ3) is 7.77. The van der Waals surface area contributed by atoms with E-state index in [1.54, 1.807) is 6.08 Å². The second kappa shape index (κ2) is 12.8. The van der Waals surface area contributed by atoms with Gasteiger partial charge in [-0.05, 0) is 24.6 Å². The molecule has 0 saturated heterocycles. The molecular weight excluding hydrogens is 601 g/mol. The van der Waals surface area contributed by atoms with E-state index >= 15 is 0 Å². The highest BCUT2D eigenvalue weighted by molar-refractivity contribution is 7.91. The summed E-state index contributed by atoms with van der Waals surface area (Å²) in [4.78, 5) is 41.3. The molecule has 0 fully saturated rings. The number of rotatable bonds is 12. The molecule has 0 saturated carbocycles. The fraction of sp³-hybridized carbons (Fsp3) is 0.318. The van der Waals surface area contributed by atoms with E-state index in [0.29, 0.717) is 11.1 Å². The number of hydrogen-bond donors (Lipinski definition) is 4. The van der Waals surface area contributed by atoms with Crippen LogP contribution in [-0.4, -0.2) is 42.2 Å². The molecule has 0 aromatic carbocycles. The van der Waals surface area contributed by atoms with Gasteiger partial charge in [0.25, 0.3) is 10.0 Å². The van der Waals surface area contributed by atoms with Gasteiger partial charge in [-0.25, -0.2) is 13.4 Å². The summed E-state index contributed by atoms with van der Waals surface area (Å²) >= 11 is 6.59. The topological polar surface area (TPSA) is 172 Å². The van der Waals surface area contributed by atoms with Crippen LogP contribution in [0, 0.1) is 10.1 Å². The zero-order chi connectivity index (χ0) is 29.6. The molecule has 12 nitrogen and oxygen atoms in total. The van der Waals surface area contributed by atoms with Crippen molar-refractivity contribution in [1.82, 2.24) is 20.6 Å². The van der Waals surface area contributed by atoms with E-state index in [1.807, 2.05) is 4.83 Å². The Morgan fingerprint density at radius 3 is 2.62 bits per heavy atom. The van der Waals surface area contributed by atoms with E-state index < -0.39 is 44.0 Å². The lowest BCUT2D eigenvalue weighted by Crippen LogP contribution is -2.51. The van der Waals surface area contributed by atoms with E-state index in [1.165, 1.54) is 30.4 Å². The molecule has 3 rings (SSSR count). The quantitative estimate of drug-likeness (QED) is 0.159. The molecule has 1 unspecified atom stereocenters. The number of pyridine rings is 1.